The predicted molar refractivity (Wildman–Crippen MR) is 111 cm³/mol. The molecular weight excluding hydrogens is 445 g/mol. The van der Waals surface area contributed by atoms with Crippen molar-refractivity contribution in [2.45, 2.75) is 18.0 Å². The first kappa shape index (κ1) is 22.9. The molecule has 1 aromatic heterocycles. The van der Waals surface area contributed by atoms with Crippen molar-refractivity contribution in [1.29, 1.82) is 0 Å². The minimum atomic E-state index is -4.25. The molecule has 12 heteroatoms. The van der Waals surface area contributed by atoms with Gasteiger partial charge in [0.05, 0.1) is 22.6 Å². The maximum absolute atomic E-state index is 13.5. The number of benzene rings is 2. The summed E-state index contributed by atoms with van der Waals surface area (Å²) in [5, 5.41) is 14.2. The molecule has 0 saturated carbocycles. The van der Waals surface area contributed by atoms with E-state index >= 15 is 0 Å². The van der Waals surface area contributed by atoms with Gasteiger partial charge in [0.2, 0.25) is 10.0 Å². The Kier molecular flexibility index (Phi) is 7.18. The van der Waals surface area contributed by atoms with Gasteiger partial charge in [-0.1, -0.05) is 18.2 Å². The lowest BCUT2D eigenvalue weighted by Gasteiger charge is -2.10. The molecule has 0 saturated heterocycles. The van der Waals surface area contributed by atoms with Crippen molar-refractivity contribution < 1.29 is 31.7 Å². The monoisotopic (exact) mass is 463 g/mol. The summed E-state index contributed by atoms with van der Waals surface area (Å²) >= 11 is 0. The summed E-state index contributed by atoms with van der Waals surface area (Å²) in [6.07, 6.45) is 1.45. The third-order valence-corrected chi connectivity index (χ3v) is 5.66. The van der Waals surface area contributed by atoms with Crippen LogP contribution in [0.4, 0.5) is 15.8 Å². The Morgan fingerprint density at radius 1 is 1.16 bits per heavy atom. The third kappa shape index (κ3) is 5.89. The average Bonchev–Trinajstić information content (AvgIpc) is 3.29. The number of carbonyl (C=O) groups is 1. The molecule has 0 aliphatic heterocycles. The molecule has 32 heavy (non-hydrogen) atoms. The summed E-state index contributed by atoms with van der Waals surface area (Å²) in [4.78, 5) is 22.1. The summed E-state index contributed by atoms with van der Waals surface area (Å²) < 4.78 is 50.5. The van der Waals surface area contributed by atoms with Gasteiger partial charge < -0.3 is 14.5 Å². The topological polar surface area (TPSA) is 141 Å². The van der Waals surface area contributed by atoms with Gasteiger partial charge in [0.1, 0.15) is 30.4 Å². The number of nitrogens with zero attached hydrogens (tertiary/aromatic N) is 1. The molecule has 3 aromatic rings. The maximum atomic E-state index is 13.5. The van der Waals surface area contributed by atoms with E-state index in [1.807, 2.05) is 4.72 Å². The zero-order valence-corrected chi connectivity index (χ0v) is 17.3. The highest BCUT2D eigenvalue weighted by Gasteiger charge is 2.22. The van der Waals surface area contributed by atoms with E-state index in [1.165, 1.54) is 30.5 Å². The number of rotatable bonds is 10. The predicted octanol–water partition coefficient (Wildman–Crippen LogP) is 2.96. The van der Waals surface area contributed by atoms with Crippen LogP contribution in [0.15, 0.2) is 70.2 Å². The van der Waals surface area contributed by atoms with Gasteiger partial charge in [0.15, 0.2) is 0 Å². The number of nitro groups is 1. The fraction of sp³-hybridized carbons (Fsp3) is 0.150. The highest BCUT2D eigenvalue weighted by molar-refractivity contribution is 7.89. The summed E-state index contributed by atoms with van der Waals surface area (Å²) in [6.45, 7) is -0.941. The summed E-state index contributed by atoms with van der Waals surface area (Å²) in [5.41, 5.74) is -0.242. The van der Waals surface area contributed by atoms with Crippen molar-refractivity contribution >= 4 is 27.4 Å². The summed E-state index contributed by atoms with van der Waals surface area (Å²) in [7, 11) is -4.25. The van der Waals surface area contributed by atoms with E-state index < -0.39 is 43.9 Å². The normalized spacial score (nSPS) is 11.2. The van der Waals surface area contributed by atoms with Crippen molar-refractivity contribution in [2.24, 2.45) is 0 Å². The number of halogens is 1. The van der Waals surface area contributed by atoms with Crippen molar-refractivity contribution in [2.75, 3.05) is 11.9 Å². The van der Waals surface area contributed by atoms with Gasteiger partial charge in [-0.3, -0.25) is 14.9 Å². The van der Waals surface area contributed by atoms with Crippen LogP contribution in [-0.4, -0.2) is 25.9 Å². The van der Waals surface area contributed by atoms with E-state index in [1.54, 1.807) is 18.2 Å². The number of nitrogens with one attached hydrogen (secondary N) is 2. The van der Waals surface area contributed by atoms with E-state index in [0.717, 1.165) is 12.1 Å². The van der Waals surface area contributed by atoms with Crippen molar-refractivity contribution in [1.82, 2.24) is 4.72 Å². The van der Waals surface area contributed by atoms with Gasteiger partial charge in [-0.2, -0.15) is 4.72 Å². The lowest BCUT2D eigenvalue weighted by Crippen LogP contribution is -2.30. The second-order valence-corrected chi connectivity index (χ2v) is 8.21. The second-order valence-electron chi connectivity index (χ2n) is 6.45. The Bertz CT molecular complexity index is 1210. The number of ether oxygens (including phenoxy) is 1. The number of hydrogen-bond acceptors (Lipinski definition) is 8. The van der Waals surface area contributed by atoms with E-state index in [2.05, 4.69) is 5.32 Å². The molecule has 0 aliphatic carbocycles. The smallest absolute Gasteiger partial charge is 0.321 e. The zero-order valence-electron chi connectivity index (χ0n) is 16.5. The third-order valence-electron chi connectivity index (χ3n) is 4.26. The van der Waals surface area contributed by atoms with E-state index in [9.17, 15) is 27.7 Å². The van der Waals surface area contributed by atoms with Crippen molar-refractivity contribution in [3.63, 3.8) is 0 Å². The molecule has 0 amide bonds. The maximum Gasteiger partial charge on any atom is 0.321 e. The SMILES string of the molecule is O=C(CNS(=O)(=O)c1ccc(NCc2ccco2)c([N+](=O)[O-])c1)OCc1ccccc1F. The van der Waals surface area contributed by atoms with Crippen LogP contribution in [0, 0.1) is 15.9 Å². The van der Waals surface area contributed by atoms with E-state index in [4.69, 9.17) is 9.15 Å². The van der Waals surface area contributed by atoms with Crippen LogP contribution in [0.1, 0.15) is 11.3 Å². The molecule has 0 unspecified atom stereocenters. The van der Waals surface area contributed by atoms with Gasteiger partial charge in [-0.25, -0.2) is 12.8 Å². The molecule has 0 fully saturated rings. The van der Waals surface area contributed by atoms with Gasteiger partial charge >= 0.3 is 5.97 Å². The molecule has 10 nitrogen and oxygen atoms in total. The average molecular weight is 463 g/mol. The summed E-state index contributed by atoms with van der Waals surface area (Å²) in [6, 6.07) is 12.3. The number of hydrogen-bond donors (Lipinski definition) is 2. The number of sulfonamides is 1. The van der Waals surface area contributed by atoms with Crippen LogP contribution in [0.2, 0.25) is 0 Å². The Morgan fingerprint density at radius 3 is 2.62 bits per heavy atom. The molecule has 0 atom stereocenters. The molecule has 2 N–H and O–H groups in total. The first-order valence-electron chi connectivity index (χ1n) is 9.19. The number of nitro benzene ring substituents is 1. The van der Waals surface area contributed by atoms with Crippen molar-refractivity contribution in [3.05, 3.63) is 88.1 Å². The largest absolute Gasteiger partial charge is 0.467 e. The molecule has 0 bridgehead atoms. The molecule has 0 aliphatic rings. The van der Waals surface area contributed by atoms with Gasteiger partial charge in [0.25, 0.3) is 5.69 Å². The molecule has 0 spiro atoms. The minimum absolute atomic E-state index is 0.0923. The Labute approximate surface area is 182 Å². The zero-order chi connectivity index (χ0) is 23.1. The Morgan fingerprint density at radius 2 is 1.94 bits per heavy atom. The molecule has 2 aromatic carbocycles. The fourth-order valence-electron chi connectivity index (χ4n) is 2.64. The first-order valence-corrected chi connectivity index (χ1v) is 10.7. The first-order chi connectivity index (χ1) is 15.3. The molecule has 0 radical (unpaired) electrons. The second kappa shape index (κ2) is 10.0. The summed E-state index contributed by atoms with van der Waals surface area (Å²) in [5.74, 6) is -0.969. The Hall–Kier alpha value is -3.77. The van der Waals surface area contributed by atoms with Gasteiger partial charge in [-0.15, -0.1) is 0 Å². The number of carbonyl (C=O) groups excluding carboxylic acids is 1. The quantitative estimate of drug-likeness (QED) is 0.266. The number of anilines is 1. The molecular formula is C20H18FN3O7S. The molecule has 1 heterocycles. The van der Waals surface area contributed by atoms with E-state index in [-0.39, 0.29) is 24.4 Å². The van der Waals surface area contributed by atoms with Gasteiger partial charge in [0, 0.05) is 11.6 Å². The highest BCUT2D eigenvalue weighted by atomic mass is 32.2. The molecule has 3 rings (SSSR count). The van der Waals surface area contributed by atoms with Gasteiger partial charge in [-0.05, 0) is 30.3 Å². The van der Waals surface area contributed by atoms with Crippen LogP contribution in [-0.2, 0) is 32.7 Å². The van der Waals surface area contributed by atoms with Crippen LogP contribution in [0.3, 0.4) is 0 Å². The van der Waals surface area contributed by atoms with Crippen molar-refractivity contribution in [3.8, 4) is 0 Å². The Balaban J connectivity index is 1.63. The minimum Gasteiger partial charge on any atom is -0.467 e. The standard InChI is InChI=1S/C20H18FN3O7S/c21-17-6-2-1-4-14(17)13-31-20(25)12-23-32(28,29)16-7-8-18(19(10-16)24(26)27)22-11-15-5-3-9-30-15/h1-10,22-23H,11-13H2. The molecule has 168 valence electrons. The highest BCUT2D eigenvalue weighted by Crippen LogP contribution is 2.28. The fourth-order valence-corrected chi connectivity index (χ4v) is 3.63. The van der Waals surface area contributed by atoms with Crippen LogP contribution >= 0.6 is 0 Å². The van der Waals surface area contributed by atoms with Crippen LogP contribution in [0.5, 0.6) is 0 Å². The number of furan rings is 1. The lowest BCUT2D eigenvalue weighted by molar-refractivity contribution is -0.384. The number of esters is 1. The van der Waals surface area contributed by atoms with Crippen LogP contribution in [0.25, 0.3) is 0 Å². The van der Waals surface area contributed by atoms with E-state index in [0.29, 0.717) is 5.76 Å². The lowest BCUT2D eigenvalue weighted by atomic mass is 10.2. The van der Waals surface area contributed by atoms with Crippen LogP contribution < -0.4 is 10.0 Å².